The topological polar surface area (TPSA) is 100 Å². The molecule has 3 heterocycles. The number of nitrogens with zero attached hydrogens (tertiary/aromatic N) is 2. The number of rotatable bonds is 4. The number of ether oxygens (including phenoxy) is 2. The Hall–Kier alpha value is -1.71. The van der Waals surface area contributed by atoms with E-state index < -0.39 is 11.6 Å². The molecule has 9 heteroatoms. The Bertz CT molecular complexity index is 620. The number of imide groups is 1. The van der Waals surface area contributed by atoms with Gasteiger partial charge in [0.2, 0.25) is 0 Å². The molecule has 1 aliphatic carbocycles. The summed E-state index contributed by atoms with van der Waals surface area (Å²) >= 11 is 0. The van der Waals surface area contributed by atoms with Gasteiger partial charge in [0.15, 0.2) is 6.29 Å². The minimum Gasteiger partial charge on any atom is -0.350 e. The van der Waals surface area contributed by atoms with Crippen LogP contribution in [0.15, 0.2) is 0 Å². The van der Waals surface area contributed by atoms with Crippen molar-refractivity contribution < 1.29 is 23.9 Å². The Kier molecular flexibility index (Phi) is 5.57. The Morgan fingerprint density at radius 2 is 1.79 bits per heavy atom. The number of piperidine rings is 1. The first kappa shape index (κ1) is 19.6. The molecule has 4 rings (SSSR count). The number of nitrogens with one attached hydrogen (secondary N) is 2. The van der Waals surface area contributed by atoms with Crippen LogP contribution < -0.4 is 10.7 Å². The number of carbonyl (C=O) groups excluding carboxylic acids is 3. The van der Waals surface area contributed by atoms with Crippen LogP contribution in [0.4, 0.5) is 4.79 Å². The molecule has 0 atom stereocenters. The smallest absolute Gasteiger partial charge is 0.344 e. The number of carbonyl (C=O) groups is 3. The van der Waals surface area contributed by atoms with Crippen molar-refractivity contribution in [3.8, 4) is 0 Å². The first-order valence-electron chi connectivity index (χ1n) is 10.4. The highest BCUT2D eigenvalue weighted by molar-refractivity contribution is 6.08. The molecule has 3 aliphatic heterocycles. The molecule has 28 heavy (non-hydrogen) atoms. The van der Waals surface area contributed by atoms with E-state index in [0.717, 1.165) is 43.8 Å². The summed E-state index contributed by atoms with van der Waals surface area (Å²) in [6.07, 6.45) is 4.75. The Morgan fingerprint density at radius 3 is 2.43 bits per heavy atom. The van der Waals surface area contributed by atoms with Crippen LogP contribution in [0.1, 0.15) is 45.4 Å². The fourth-order valence-corrected chi connectivity index (χ4v) is 4.71. The van der Waals surface area contributed by atoms with Crippen LogP contribution in [0, 0.1) is 11.8 Å². The van der Waals surface area contributed by atoms with E-state index >= 15 is 0 Å². The molecule has 4 fully saturated rings. The second-order valence-electron chi connectivity index (χ2n) is 8.59. The third-order valence-corrected chi connectivity index (χ3v) is 6.56. The van der Waals surface area contributed by atoms with Gasteiger partial charge in [-0.3, -0.25) is 19.9 Å². The number of hydrazine groups is 1. The Morgan fingerprint density at radius 1 is 1.14 bits per heavy atom. The molecular formula is C19H30N4O5. The lowest BCUT2D eigenvalue weighted by Gasteiger charge is -2.34. The van der Waals surface area contributed by atoms with E-state index in [4.69, 9.17) is 9.47 Å². The van der Waals surface area contributed by atoms with Crippen molar-refractivity contribution in [2.75, 3.05) is 32.8 Å². The SMILES string of the molecule is CC1CCC2(CC1)NC(=O)N(NC(=O)CN1CCC(C3OCCO3)CC1)C2=O. The van der Waals surface area contributed by atoms with Crippen molar-refractivity contribution >= 4 is 17.8 Å². The van der Waals surface area contributed by atoms with Gasteiger partial charge in [0.05, 0.1) is 19.8 Å². The van der Waals surface area contributed by atoms with E-state index in [9.17, 15) is 14.4 Å². The minimum atomic E-state index is -0.837. The zero-order valence-corrected chi connectivity index (χ0v) is 16.4. The summed E-state index contributed by atoms with van der Waals surface area (Å²) in [7, 11) is 0. The second-order valence-corrected chi connectivity index (χ2v) is 8.59. The highest BCUT2D eigenvalue weighted by atomic mass is 16.7. The normalized spacial score (nSPS) is 32.9. The molecule has 0 aromatic carbocycles. The maximum atomic E-state index is 12.8. The second kappa shape index (κ2) is 7.96. The largest absolute Gasteiger partial charge is 0.350 e. The summed E-state index contributed by atoms with van der Waals surface area (Å²) in [6, 6.07) is -0.526. The predicted molar refractivity (Wildman–Crippen MR) is 98.7 cm³/mol. The molecule has 9 nitrogen and oxygen atoms in total. The molecule has 0 aromatic rings. The van der Waals surface area contributed by atoms with Gasteiger partial charge in [0.25, 0.3) is 11.8 Å². The van der Waals surface area contributed by atoms with Gasteiger partial charge in [0, 0.05) is 5.92 Å². The lowest BCUT2D eigenvalue weighted by atomic mass is 9.77. The summed E-state index contributed by atoms with van der Waals surface area (Å²) < 4.78 is 11.1. The first-order chi connectivity index (χ1) is 13.5. The number of hydrogen-bond donors (Lipinski definition) is 2. The minimum absolute atomic E-state index is 0.115. The monoisotopic (exact) mass is 394 g/mol. The van der Waals surface area contributed by atoms with Crippen LogP contribution in [0.25, 0.3) is 0 Å². The zero-order valence-electron chi connectivity index (χ0n) is 16.4. The molecule has 0 bridgehead atoms. The van der Waals surface area contributed by atoms with Gasteiger partial charge >= 0.3 is 6.03 Å². The van der Waals surface area contributed by atoms with Crippen LogP contribution in [-0.4, -0.2) is 72.4 Å². The molecule has 156 valence electrons. The van der Waals surface area contributed by atoms with E-state index in [2.05, 4.69) is 17.7 Å². The van der Waals surface area contributed by atoms with Crippen molar-refractivity contribution in [3.05, 3.63) is 0 Å². The van der Waals surface area contributed by atoms with Crippen LogP contribution in [0.5, 0.6) is 0 Å². The average molecular weight is 394 g/mol. The lowest BCUT2D eigenvalue weighted by molar-refractivity contribution is -0.140. The summed E-state index contributed by atoms with van der Waals surface area (Å²) in [5.41, 5.74) is 1.68. The van der Waals surface area contributed by atoms with Crippen LogP contribution in [0.2, 0.25) is 0 Å². The quantitative estimate of drug-likeness (QED) is 0.678. The average Bonchev–Trinajstić information content (AvgIpc) is 3.29. The van der Waals surface area contributed by atoms with Crippen LogP contribution >= 0.6 is 0 Å². The van der Waals surface area contributed by atoms with Gasteiger partial charge in [-0.05, 0) is 57.5 Å². The maximum absolute atomic E-state index is 12.8. The molecular weight excluding hydrogens is 364 g/mol. The molecule has 4 amide bonds. The summed E-state index contributed by atoms with van der Waals surface area (Å²) in [5, 5.41) is 3.70. The molecule has 1 spiro atoms. The molecule has 0 unspecified atom stereocenters. The fourth-order valence-electron chi connectivity index (χ4n) is 4.71. The predicted octanol–water partition coefficient (Wildman–Crippen LogP) is 0.603. The van der Waals surface area contributed by atoms with Gasteiger partial charge < -0.3 is 14.8 Å². The highest BCUT2D eigenvalue weighted by Crippen LogP contribution is 2.35. The van der Waals surface area contributed by atoms with Crippen LogP contribution in [0.3, 0.4) is 0 Å². The Balaban J connectivity index is 1.26. The molecule has 2 N–H and O–H groups in total. The van der Waals surface area contributed by atoms with Gasteiger partial charge in [-0.2, -0.15) is 5.01 Å². The fraction of sp³-hybridized carbons (Fsp3) is 0.842. The summed E-state index contributed by atoms with van der Waals surface area (Å²) in [5.74, 6) is 0.256. The van der Waals surface area contributed by atoms with E-state index in [1.807, 2.05) is 4.90 Å². The van der Waals surface area contributed by atoms with Crippen molar-refractivity contribution in [2.45, 2.75) is 57.3 Å². The molecule has 0 aromatic heterocycles. The number of hydrogen-bond acceptors (Lipinski definition) is 6. The first-order valence-corrected chi connectivity index (χ1v) is 10.4. The van der Waals surface area contributed by atoms with E-state index in [1.54, 1.807) is 0 Å². The molecule has 3 saturated heterocycles. The van der Waals surface area contributed by atoms with Gasteiger partial charge in [-0.1, -0.05) is 6.92 Å². The Labute approximate surface area is 165 Å². The molecule has 4 aliphatic rings. The van der Waals surface area contributed by atoms with Gasteiger partial charge in [-0.25, -0.2) is 4.79 Å². The van der Waals surface area contributed by atoms with E-state index in [-0.39, 0.29) is 24.6 Å². The van der Waals surface area contributed by atoms with Crippen molar-refractivity contribution in [2.24, 2.45) is 11.8 Å². The molecule has 0 radical (unpaired) electrons. The van der Waals surface area contributed by atoms with Gasteiger partial charge in [-0.15, -0.1) is 0 Å². The number of likely N-dealkylation sites (tertiary alicyclic amines) is 1. The third kappa shape index (κ3) is 3.88. The zero-order chi connectivity index (χ0) is 19.7. The summed E-state index contributed by atoms with van der Waals surface area (Å²) in [6.45, 7) is 5.16. The van der Waals surface area contributed by atoms with Crippen molar-refractivity contribution in [1.29, 1.82) is 0 Å². The van der Waals surface area contributed by atoms with E-state index in [1.165, 1.54) is 0 Å². The van der Waals surface area contributed by atoms with Gasteiger partial charge in [0.1, 0.15) is 5.54 Å². The summed E-state index contributed by atoms with van der Waals surface area (Å²) in [4.78, 5) is 39.6. The van der Waals surface area contributed by atoms with E-state index in [0.29, 0.717) is 37.9 Å². The highest BCUT2D eigenvalue weighted by Gasteiger charge is 2.52. The molecule has 1 saturated carbocycles. The van der Waals surface area contributed by atoms with Crippen molar-refractivity contribution in [1.82, 2.24) is 20.7 Å². The third-order valence-electron chi connectivity index (χ3n) is 6.56. The maximum Gasteiger partial charge on any atom is 0.344 e. The standard InChI is InChI=1S/C19H30N4O5/c1-13-2-6-19(7-3-13)17(25)23(18(26)20-19)21-15(24)12-22-8-4-14(5-9-22)16-27-10-11-28-16/h13-14,16H,2-12H2,1H3,(H,20,26)(H,21,24). The number of amides is 4. The lowest BCUT2D eigenvalue weighted by Crippen LogP contribution is -2.53. The van der Waals surface area contributed by atoms with Crippen LogP contribution in [-0.2, 0) is 19.1 Å². The van der Waals surface area contributed by atoms with Crippen molar-refractivity contribution in [3.63, 3.8) is 0 Å². The number of urea groups is 1.